The Hall–Kier alpha value is -2.58. The van der Waals surface area contributed by atoms with Crippen LogP contribution < -0.4 is 5.56 Å². The third-order valence-corrected chi connectivity index (χ3v) is 6.99. The van der Waals surface area contributed by atoms with Gasteiger partial charge in [-0.15, -0.1) is 0 Å². The first-order valence-corrected chi connectivity index (χ1v) is 11.6. The minimum atomic E-state index is -0.633. The fourth-order valence-electron chi connectivity index (χ4n) is 5.19. The van der Waals surface area contributed by atoms with Crippen molar-refractivity contribution in [2.24, 2.45) is 0 Å². The molecule has 0 radical (unpaired) electrons. The van der Waals surface area contributed by atoms with Crippen LogP contribution >= 0.6 is 0 Å². The second-order valence-electron chi connectivity index (χ2n) is 9.08. The van der Waals surface area contributed by atoms with E-state index >= 15 is 0 Å². The highest BCUT2D eigenvalue weighted by Crippen LogP contribution is 2.32. The summed E-state index contributed by atoms with van der Waals surface area (Å²) in [4.78, 5) is 19.9. The van der Waals surface area contributed by atoms with Crippen molar-refractivity contribution in [2.75, 3.05) is 19.6 Å². The molecular weight excluding hydrogens is 411 g/mol. The van der Waals surface area contributed by atoms with Gasteiger partial charge in [0, 0.05) is 35.2 Å². The van der Waals surface area contributed by atoms with E-state index in [0.29, 0.717) is 36.7 Å². The van der Waals surface area contributed by atoms with Crippen molar-refractivity contribution in [2.45, 2.75) is 64.0 Å². The normalized spacial score (nSPS) is 20.0. The van der Waals surface area contributed by atoms with Gasteiger partial charge in [-0.05, 0) is 77.2 Å². The predicted octanol–water partition coefficient (Wildman–Crippen LogP) is 3.47. The number of halogens is 1. The molecule has 1 unspecified atom stereocenters. The average Bonchev–Trinajstić information content (AvgIpc) is 3.20. The molecule has 1 aromatic carbocycles. The molecular formula is C24H29FN4O3. The lowest BCUT2D eigenvalue weighted by Crippen LogP contribution is -2.35. The van der Waals surface area contributed by atoms with E-state index in [1.54, 1.807) is 10.6 Å². The molecule has 4 heterocycles. The van der Waals surface area contributed by atoms with Crippen LogP contribution in [0.25, 0.3) is 11.0 Å². The lowest BCUT2D eigenvalue weighted by Gasteiger charge is -2.31. The second kappa shape index (κ2) is 8.75. The Morgan fingerprint density at radius 1 is 1.22 bits per heavy atom. The average molecular weight is 441 g/mol. The molecule has 5 rings (SSSR count). The summed E-state index contributed by atoms with van der Waals surface area (Å²) in [5, 5.41) is 15.3. The van der Waals surface area contributed by atoms with Crippen LogP contribution in [0.15, 0.2) is 27.5 Å². The van der Waals surface area contributed by atoms with Crippen molar-refractivity contribution >= 4 is 11.0 Å². The van der Waals surface area contributed by atoms with Gasteiger partial charge >= 0.3 is 0 Å². The fraction of sp³-hybridized carbons (Fsp3) is 0.542. The highest BCUT2D eigenvalue weighted by Gasteiger charge is 2.26. The van der Waals surface area contributed by atoms with E-state index in [-0.39, 0.29) is 11.4 Å². The first-order chi connectivity index (χ1) is 15.5. The Labute approximate surface area is 185 Å². The van der Waals surface area contributed by atoms with Crippen LogP contribution in [0.4, 0.5) is 4.39 Å². The molecule has 1 saturated heterocycles. The molecule has 0 aliphatic carbocycles. The van der Waals surface area contributed by atoms with E-state index in [9.17, 15) is 14.3 Å². The predicted molar refractivity (Wildman–Crippen MR) is 118 cm³/mol. The van der Waals surface area contributed by atoms with Crippen molar-refractivity contribution in [1.29, 1.82) is 0 Å². The standard InChI is InChI=1S/C24H29FN4O3/c1-15-18(24(31)29-11-3-5-20(30)23(29)26-15)4-2-10-28-12-8-16(9-13-28)22-19-7-6-17(25)14-21(19)32-27-22/h6-7,14,16,20,30H,2-5,8-13H2,1H3. The van der Waals surface area contributed by atoms with Crippen LogP contribution in [0, 0.1) is 12.7 Å². The molecule has 8 heteroatoms. The van der Waals surface area contributed by atoms with Gasteiger partial charge in [0.05, 0.1) is 5.69 Å². The number of aliphatic hydroxyl groups is 1. The van der Waals surface area contributed by atoms with Crippen LogP contribution in [-0.4, -0.2) is 44.3 Å². The van der Waals surface area contributed by atoms with Gasteiger partial charge in [-0.25, -0.2) is 9.37 Å². The third-order valence-electron chi connectivity index (χ3n) is 6.99. The van der Waals surface area contributed by atoms with Crippen LogP contribution in [0.1, 0.15) is 66.9 Å². The summed E-state index contributed by atoms with van der Waals surface area (Å²) in [7, 11) is 0. The summed E-state index contributed by atoms with van der Waals surface area (Å²) in [5.74, 6) is 0.531. The smallest absolute Gasteiger partial charge is 0.257 e. The highest BCUT2D eigenvalue weighted by atomic mass is 19.1. The van der Waals surface area contributed by atoms with E-state index in [1.807, 2.05) is 6.92 Å². The monoisotopic (exact) mass is 440 g/mol. The molecule has 1 fully saturated rings. The molecule has 32 heavy (non-hydrogen) atoms. The Bertz CT molecular complexity index is 1180. The number of piperidine rings is 1. The number of nitrogens with zero attached hydrogens (tertiary/aromatic N) is 4. The zero-order valence-corrected chi connectivity index (χ0v) is 18.4. The topological polar surface area (TPSA) is 84.4 Å². The van der Waals surface area contributed by atoms with Crippen LogP contribution in [0.5, 0.6) is 0 Å². The number of hydrogen-bond donors (Lipinski definition) is 1. The van der Waals surface area contributed by atoms with Crippen molar-refractivity contribution in [3.63, 3.8) is 0 Å². The van der Waals surface area contributed by atoms with Crippen LogP contribution in [0.3, 0.4) is 0 Å². The lowest BCUT2D eigenvalue weighted by molar-refractivity contribution is 0.129. The van der Waals surface area contributed by atoms with Gasteiger partial charge in [-0.3, -0.25) is 9.36 Å². The quantitative estimate of drug-likeness (QED) is 0.654. The SMILES string of the molecule is Cc1nc2n(c(=O)c1CCCN1CCC(c3noc4cc(F)ccc34)CC1)CCCC2O. The van der Waals surface area contributed by atoms with Gasteiger partial charge in [0.25, 0.3) is 5.56 Å². The molecule has 7 nitrogen and oxygen atoms in total. The number of aryl methyl sites for hydroxylation is 1. The summed E-state index contributed by atoms with van der Waals surface area (Å²) in [6.45, 7) is 5.38. The maximum Gasteiger partial charge on any atom is 0.257 e. The summed E-state index contributed by atoms with van der Waals surface area (Å²) >= 11 is 0. The zero-order chi connectivity index (χ0) is 22.2. The molecule has 0 bridgehead atoms. The number of aromatic nitrogens is 3. The second-order valence-corrected chi connectivity index (χ2v) is 9.08. The van der Waals surface area contributed by atoms with E-state index < -0.39 is 6.10 Å². The van der Waals surface area contributed by atoms with E-state index in [1.165, 1.54) is 12.1 Å². The van der Waals surface area contributed by atoms with Gasteiger partial charge in [0.1, 0.15) is 17.7 Å². The van der Waals surface area contributed by atoms with Gasteiger partial charge in [-0.2, -0.15) is 0 Å². The minimum Gasteiger partial charge on any atom is -0.385 e. The molecule has 3 aromatic rings. The minimum absolute atomic E-state index is 0.0132. The Morgan fingerprint density at radius 3 is 2.84 bits per heavy atom. The lowest BCUT2D eigenvalue weighted by atomic mass is 9.91. The van der Waals surface area contributed by atoms with Crippen molar-refractivity contribution in [1.82, 2.24) is 19.6 Å². The Balaban J connectivity index is 1.18. The third kappa shape index (κ3) is 3.97. The molecule has 1 N–H and O–H groups in total. The number of benzene rings is 1. The molecule has 0 spiro atoms. The van der Waals surface area contributed by atoms with Gasteiger partial charge in [0.2, 0.25) is 0 Å². The van der Waals surface area contributed by atoms with Gasteiger partial charge in [-0.1, -0.05) is 5.16 Å². The van der Waals surface area contributed by atoms with Crippen molar-refractivity contribution in [3.05, 3.63) is 57.1 Å². The zero-order valence-electron chi connectivity index (χ0n) is 18.4. The number of aliphatic hydroxyl groups excluding tert-OH is 1. The number of likely N-dealkylation sites (tertiary alicyclic amines) is 1. The molecule has 2 aromatic heterocycles. The van der Waals surface area contributed by atoms with Crippen LogP contribution in [-0.2, 0) is 13.0 Å². The Morgan fingerprint density at radius 2 is 2.03 bits per heavy atom. The molecule has 0 amide bonds. The Kier molecular flexibility index (Phi) is 5.82. The first-order valence-electron chi connectivity index (χ1n) is 11.6. The number of rotatable bonds is 5. The molecule has 2 aliphatic rings. The van der Waals surface area contributed by atoms with E-state index in [0.717, 1.165) is 67.7 Å². The molecule has 170 valence electrons. The molecule has 0 saturated carbocycles. The highest BCUT2D eigenvalue weighted by molar-refractivity contribution is 5.79. The van der Waals surface area contributed by atoms with E-state index in [4.69, 9.17) is 4.52 Å². The van der Waals surface area contributed by atoms with Crippen molar-refractivity contribution < 1.29 is 14.0 Å². The summed E-state index contributed by atoms with van der Waals surface area (Å²) in [6.07, 6.45) is 4.42. The van der Waals surface area contributed by atoms with Crippen molar-refractivity contribution in [3.8, 4) is 0 Å². The summed E-state index contributed by atoms with van der Waals surface area (Å²) in [6, 6.07) is 4.61. The summed E-state index contributed by atoms with van der Waals surface area (Å²) in [5.41, 5.74) is 2.98. The van der Waals surface area contributed by atoms with E-state index in [2.05, 4.69) is 15.0 Å². The number of hydrogen-bond acceptors (Lipinski definition) is 6. The maximum atomic E-state index is 13.4. The van der Waals surface area contributed by atoms with Crippen LogP contribution in [0.2, 0.25) is 0 Å². The molecule has 2 aliphatic heterocycles. The maximum absolute atomic E-state index is 13.4. The van der Waals surface area contributed by atoms with Gasteiger partial charge in [0.15, 0.2) is 5.58 Å². The molecule has 1 atom stereocenters. The first kappa shape index (κ1) is 21.3. The van der Waals surface area contributed by atoms with Gasteiger partial charge < -0.3 is 14.5 Å². The number of fused-ring (bicyclic) bond motifs is 2. The largest absolute Gasteiger partial charge is 0.385 e. The summed E-state index contributed by atoms with van der Waals surface area (Å²) < 4.78 is 20.4. The fourth-order valence-corrected chi connectivity index (χ4v) is 5.19.